The molecule has 0 radical (unpaired) electrons. The number of nitrogens with one attached hydrogen (secondary N) is 1. The second kappa shape index (κ2) is 7.10. The fourth-order valence-corrected chi connectivity index (χ4v) is 3.87. The van der Waals surface area contributed by atoms with E-state index in [1.807, 2.05) is 13.8 Å². The van der Waals surface area contributed by atoms with Gasteiger partial charge in [-0.05, 0) is 31.1 Å². The normalized spacial score (nSPS) is 19.7. The van der Waals surface area contributed by atoms with E-state index in [9.17, 15) is 8.42 Å². The van der Waals surface area contributed by atoms with Gasteiger partial charge in [0.1, 0.15) is 6.04 Å². The van der Waals surface area contributed by atoms with Gasteiger partial charge in [-0.25, -0.2) is 8.42 Å². The zero-order chi connectivity index (χ0) is 13.6. The first-order chi connectivity index (χ1) is 8.44. The lowest BCUT2D eigenvalue weighted by atomic mass is 9.85. The van der Waals surface area contributed by atoms with Crippen LogP contribution in [-0.4, -0.2) is 20.2 Å². The number of sulfonamides is 1. The van der Waals surface area contributed by atoms with Gasteiger partial charge in [0.05, 0.1) is 11.8 Å². The van der Waals surface area contributed by atoms with Crippen LogP contribution in [0.15, 0.2) is 0 Å². The lowest BCUT2D eigenvalue weighted by Gasteiger charge is -2.26. The molecular formula is C13H24N2O2S. The van der Waals surface area contributed by atoms with Crippen molar-refractivity contribution in [2.45, 2.75) is 58.4 Å². The number of rotatable bonds is 6. The first-order valence-corrected chi connectivity index (χ1v) is 8.49. The van der Waals surface area contributed by atoms with Crippen molar-refractivity contribution in [3.05, 3.63) is 0 Å². The average molecular weight is 272 g/mol. The summed E-state index contributed by atoms with van der Waals surface area (Å²) in [5.74, 6) is 0.671. The Morgan fingerprint density at radius 2 is 1.89 bits per heavy atom. The first-order valence-electron chi connectivity index (χ1n) is 6.84. The Morgan fingerprint density at radius 3 is 2.39 bits per heavy atom. The van der Waals surface area contributed by atoms with Crippen molar-refractivity contribution in [2.24, 2.45) is 11.8 Å². The number of hydrogen-bond acceptors (Lipinski definition) is 3. The minimum absolute atomic E-state index is 0.121. The van der Waals surface area contributed by atoms with Crippen LogP contribution in [0, 0.1) is 23.2 Å². The summed E-state index contributed by atoms with van der Waals surface area (Å²) < 4.78 is 26.3. The highest BCUT2D eigenvalue weighted by atomic mass is 32.2. The van der Waals surface area contributed by atoms with Crippen LogP contribution in [0.3, 0.4) is 0 Å². The fourth-order valence-electron chi connectivity index (χ4n) is 2.34. The van der Waals surface area contributed by atoms with Gasteiger partial charge in [-0.1, -0.05) is 33.1 Å². The molecule has 1 aliphatic rings. The third kappa shape index (κ3) is 5.36. The minimum atomic E-state index is -3.31. The van der Waals surface area contributed by atoms with Gasteiger partial charge in [0.2, 0.25) is 10.0 Å². The van der Waals surface area contributed by atoms with Gasteiger partial charge in [0, 0.05) is 0 Å². The summed E-state index contributed by atoms with van der Waals surface area (Å²) >= 11 is 0. The molecule has 5 heteroatoms. The van der Waals surface area contributed by atoms with Crippen LogP contribution >= 0.6 is 0 Å². The van der Waals surface area contributed by atoms with Gasteiger partial charge in [-0.3, -0.25) is 0 Å². The standard InChI is InChI=1S/C13H24N2O2S/c1-11(2)8-9-18(16,17)15-13(10-14)12-6-4-3-5-7-12/h11-13,15H,3-9H2,1-2H3. The van der Waals surface area contributed by atoms with Crippen molar-refractivity contribution < 1.29 is 8.42 Å². The van der Waals surface area contributed by atoms with E-state index in [2.05, 4.69) is 10.8 Å². The molecule has 4 nitrogen and oxygen atoms in total. The molecule has 0 aromatic rings. The molecule has 1 N–H and O–H groups in total. The monoisotopic (exact) mass is 272 g/mol. The molecule has 1 aliphatic carbocycles. The highest BCUT2D eigenvalue weighted by Crippen LogP contribution is 2.26. The molecule has 0 heterocycles. The van der Waals surface area contributed by atoms with E-state index >= 15 is 0 Å². The molecular weight excluding hydrogens is 248 g/mol. The molecule has 0 aromatic heterocycles. The highest BCUT2D eigenvalue weighted by Gasteiger charge is 2.27. The largest absolute Gasteiger partial charge is 0.212 e. The van der Waals surface area contributed by atoms with E-state index in [4.69, 9.17) is 5.26 Å². The van der Waals surface area contributed by atoms with Crippen LogP contribution in [-0.2, 0) is 10.0 Å². The second-order valence-electron chi connectivity index (χ2n) is 5.62. The van der Waals surface area contributed by atoms with Gasteiger partial charge in [-0.15, -0.1) is 0 Å². The van der Waals surface area contributed by atoms with Crippen LogP contribution in [0.2, 0.25) is 0 Å². The van der Waals surface area contributed by atoms with E-state index in [1.54, 1.807) is 0 Å². The molecule has 0 amide bonds. The van der Waals surface area contributed by atoms with Crippen molar-refractivity contribution in [2.75, 3.05) is 5.75 Å². The Morgan fingerprint density at radius 1 is 1.28 bits per heavy atom. The maximum absolute atomic E-state index is 11.9. The lowest BCUT2D eigenvalue weighted by molar-refractivity contribution is 0.323. The van der Waals surface area contributed by atoms with Crippen LogP contribution in [0.1, 0.15) is 52.4 Å². The van der Waals surface area contributed by atoms with Crippen molar-refractivity contribution in [3.63, 3.8) is 0 Å². The van der Waals surface area contributed by atoms with Gasteiger partial charge in [-0.2, -0.15) is 9.98 Å². The van der Waals surface area contributed by atoms with Crippen LogP contribution < -0.4 is 4.72 Å². The van der Waals surface area contributed by atoms with Gasteiger partial charge in [0.25, 0.3) is 0 Å². The number of nitrogens with zero attached hydrogens (tertiary/aromatic N) is 1. The molecule has 1 unspecified atom stereocenters. The second-order valence-corrected chi connectivity index (χ2v) is 7.50. The predicted molar refractivity (Wildman–Crippen MR) is 72.4 cm³/mol. The van der Waals surface area contributed by atoms with Gasteiger partial charge < -0.3 is 0 Å². The topological polar surface area (TPSA) is 70.0 Å². The first kappa shape index (κ1) is 15.5. The summed E-state index contributed by atoms with van der Waals surface area (Å²) in [5, 5.41) is 9.14. The Hall–Kier alpha value is -0.600. The smallest absolute Gasteiger partial charge is 0.212 e. The molecule has 0 bridgehead atoms. The summed E-state index contributed by atoms with van der Waals surface area (Å²) in [4.78, 5) is 0. The summed E-state index contributed by atoms with van der Waals surface area (Å²) in [6, 6.07) is 1.59. The summed E-state index contributed by atoms with van der Waals surface area (Å²) in [6.07, 6.45) is 5.98. The van der Waals surface area contributed by atoms with Crippen LogP contribution in [0.5, 0.6) is 0 Å². The molecule has 18 heavy (non-hydrogen) atoms. The maximum Gasteiger partial charge on any atom is 0.212 e. The number of hydrogen-bond donors (Lipinski definition) is 1. The minimum Gasteiger partial charge on any atom is -0.212 e. The number of nitriles is 1. The Bertz CT molecular complexity index is 378. The van der Waals surface area contributed by atoms with E-state index < -0.39 is 16.1 Å². The van der Waals surface area contributed by atoms with E-state index in [0.29, 0.717) is 12.3 Å². The van der Waals surface area contributed by atoms with Crippen molar-refractivity contribution in [3.8, 4) is 6.07 Å². The third-order valence-corrected chi connectivity index (χ3v) is 4.92. The highest BCUT2D eigenvalue weighted by molar-refractivity contribution is 7.89. The molecule has 104 valence electrons. The Balaban J connectivity index is 2.54. The lowest BCUT2D eigenvalue weighted by Crippen LogP contribution is -2.41. The Kier molecular flexibility index (Phi) is 6.10. The molecule has 0 saturated heterocycles. The maximum atomic E-state index is 11.9. The SMILES string of the molecule is CC(C)CCS(=O)(=O)NC(C#N)C1CCCCC1. The fraction of sp³-hybridized carbons (Fsp3) is 0.923. The van der Waals surface area contributed by atoms with E-state index in [0.717, 1.165) is 25.7 Å². The van der Waals surface area contributed by atoms with E-state index in [1.165, 1.54) is 6.42 Å². The summed E-state index contributed by atoms with van der Waals surface area (Å²) in [6.45, 7) is 4.00. The third-order valence-electron chi connectivity index (χ3n) is 3.53. The van der Waals surface area contributed by atoms with E-state index in [-0.39, 0.29) is 11.7 Å². The molecule has 1 atom stereocenters. The van der Waals surface area contributed by atoms with Crippen molar-refractivity contribution in [1.29, 1.82) is 5.26 Å². The molecule has 0 spiro atoms. The predicted octanol–water partition coefficient (Wildman–Crippen LogP) is 2.42. The van der Waals surface area contributed by atoms with Crippen molar-refractivity contribution in [1.82, 2.24) is 4.72 Å². The summed E-state index contributed by atoms with van der Waals surface area (Å²) in [5.41, 5.74) is 0. The Labute approximate surface area is 111 Å². The quantitative estimate of drug-likeness (QED) is 0.807. The zero-order valence-electron chi connectivity index (χ0n) is 11.4. The molecule has 1 saturated carbocycles. The zero-order valence-corrected chi connectivity index (χ0v) is 12.2. The van der Waals surface area contributed by atoms with Crippen LogP contribution in [0.4, 0.5) is 0 Å². The molecule has 1 fully saturated rings. The average Bonchev–Trinajstić information content (AvgIpc) is 2.35. The molecule has 0 aliphatic heterocycles. The molecule has 0 aromatic carbocycles. The summed E-state index contributed by atoms with van der Waals surface area (Å²) in [7, 11) is -3.31. The molecule has 1 rings (SSSR count). The van der Waals surface area contributed by atoms with Gasteiger partial charge >= 0.3 is 0 Å². The van der Waals surface area contributed by atoms with Crippen LogP contribution in [0.25, 0.3) is 0 Å². The van der Waals surface area contributed by atoms with Crippen molar-refractivity contribution >= 4 is 10.0 Å². The van der Waals surface area contributed by atoms with Gasteiger partial charge in [0.15, 0.2) is 0 Å².